The molecule has 3 rings (SSSR count). The normalized spacial score (nSPS) is 10.9. The molecule has 0 unspecified atom stereocenters. The summed E-state index contributed by atoms with van der Waals surface area (Å²) in [4.78, 5) is 13.0. The molecule has 1 N–H and O–H groups in total. The number of fused-ring (bicyclic) bond motifs is 1. The van der Waals surface area contributed by atoms with E-state index in [2.05, 4.69) is 46.2 Å². The third kappa shape index (κ3) is 2.22. The lowest BCUT2D eigenvalue weighted by Gasteiger charge is -2.07. The average Bonchev–Trinajstić information content (AvgIpc) is 2.91. The Bertz CT molecular complexity index is 732. The second-order valence-electron chi connectivity index (χ2n) is 4.60. The fourth-order valence-electron chi connectivity index (χ4n) is 2.21. The summed E-state index contributed by atoms with van der Waals surface area (Å²) in [5, 5.41) is 3.33. The first-order valence-corrected chi connectivity index (χ1v) is 6.83. The standard InChI is InChI=1S/C15H17N5/c1-3-11-6-5-7-12(8-11)19-14-13-15(17-9-16-14)20(4-2)10-18-13/h5-10H,3-4H2,1-2H3,(H,16,17,19). The van der Waals surface area contributed by atoms with Gasteiger partial charge in [-0.1, -0.05) is 19.1 Å². The molecule has 0 saturated heterocycles. The van der Waals surface area contributed by atoms with Crippen molar-refractivity contribution in [2.75, 3.05) is 5.32 Å². The van der Waals surface area contributed by atoms with E-state index >= 15 is 0 Å². The minimum absolute atomic E-state index is 0.746. The van der Waals surface area contributed by atoms with Gasteiger partial charge < -0.3 is 9.88 Å². The second-order valence-corrected chi connectivity index (χ2v) is 4.60. The van der Waals surface area contributed by atoms with Gasteiger partial charge in [0.2, 0.25) is 0 Å². The van der Waals surface area contributed by atoms with Gasteiger partial charge in [0, 0.05) is 12.2 Å². The molecule has 2 heterocycles. The SMILES string of the molecule is CCc1cccc(Nc2ncnc3c2ncn3CC)c1. The van der Waals surface area contributed by atoms with Crippen LogP contribution >= 0.6 is 0 Å². The summed E-state index contributed by atoms with van der Waals surface area (Å²) >= 11 is 0. The van der Waals surface area contributed by atoms with Crippen molar-refractivity contribution in [1.82, 2.24) is 19.5 Å². The first-order valence-electron chi connectivity index (χ1n) is 6.83. The van der Waals surface area contributed by atoms with Gasteiger partial charge in [-0.05, 0) is 31.0 Å². The molecule has 0 saturated carbocycles. The van der Waals surface area contributed by atoms with Gasteiger partial charge in [-0.2, -0.15) is 0 Å². The minimum Gasteiger partial charge on any atom is -0.338 e. The van der Waals surface area contributed by atoms with Crippen LogP contribution in [0.25, 0.3) is 11.2 Å². The molecule has 0 atom stereocenters. The van der Waals surface area contributed by atoms with Gasteiger partial charge in [0.25, 0.3) is 0 Å². The molecule has 0 aliphatic carbocycles. The Balaban J connectivity index is 2.00. The van der Waals surface area contributed by atoms with Gasteiger partial charge in [-0.15, -0.1) is 0 Å². The number of anilines is 2. The molecule has 0 bridgehead atoms. The Morgan fingerprint density at radius 2 is 2.05 bits per heavy atom. The van der Waals surface area contributed by atoms with Crippen molar-refractivity contribution < 1.29 is 0 Å². The topological polar surface area (TPSA) is 55.6 Å². The molecular formula is C15H17N5. The van der Waals surface area contributed by atoms with Crippen molar-refractivity contribution in [2.24, 2.45) is 0 Å². The van der Waals surface area contributed by atoms with E-state index in [1.165, 1.54) is 5.56 Å². The number of hydrogen-bond donors (Lipinski definition) is 1. The Morgan fingerprint density at radius 3 is 2.85 bits per heavy atom. The van der Waals surface area contributed by atoms with E-state index in [1.807, 2.05) is 16.7 Å². The van der Waals surface area contributed by atoms with E-state index < -0.39 is 0 Å². The van der Waals surface area contributed by atoms with Gasteiger partial charge in [-0.3, -0.25) is 0 Å². The van der Waals surface area contributed by atoms with Crippen LogP contribution in [0.3, 0.4) is 0 Å². The number of aryl methyl sites for hydroxylation is 2. The molecule has 0 fully saturated rings. The number of aromatic nitrogens is 4. The zero-order valence-electron chi connectivity index (χ0n) is 11.7. The molecule has 2 aromatic heterocycles. The van der Waals surface area contributed by atoms with E-state index in [1.54, 1.807) is 12.7 Å². The van der Waals surface area contributed by atoms with Crippen LogP contribution < -0.4 is 5.32 Å². The van der Waals surface area contributed by atoms with Crippen LogP contribution in [0.1, 0.15) is 19.4 Å². The summed E-state index contributed by atoms with van der Waals surface area (Å²) in [7, 11) is 0. The fourth-order valence-corrected chi connectivity index (χ4v) is 2.21. The molecule has 0 aliphatic heterocycles. The van der Waals surface area contributed by atoms with Crippen LogP contribution in [-0.4, -0.2) is 19.5 Å². The number of nitrogens with zero attached hydrogens (tertiary/aromatic N) is 4. The Kier molecular flexibility index (Phi) is 3.33. The maximum atomic E-state index is 4.40. The lowest BCUT2D eigenvalue weighted by molar-refractivity contribution is 0.777. The molecule has 102 valence electrons. The molecular weight excluding hydrogens is 250 g/mol. The molecule has 0 aliphatic rings. The second kappa shape index (κ2) is 5.28. The molecule has 20 heavy (non-hydrogen) atoms. The van der Waals surface area contributed by atoms with Crippen molar-refractivity contribution in [2.45, 2.75) is 26.8 Å². The summed E-state index contributed by atoms with van der Waals surface area (Å²) in [6.07, 6.45) is 4.38. The Morgan fingerprint density at radius 1 is 1.15 bits per heavy atom. The maximum absolute atomic E-state index is 4.40. The van der Waals surface area contributed by atoms with Crippen LogP contribution in [0, 0.1) is 0 Å². The third-order valence-corrected chi connectivity index (χ3v) is 3.34. The number of benzene rings is 1. The van der Waals surface area contributed by atoms with Crippen LogP contribution in [0.2, 0.25) is 0 Å². The summed E-state index contributed by atoms with van der Waals surface area (Å²) < 4.78 is 2.00. The van der Waals surface area contributed by atoms with Crippen molar-refractivity contribution in [1.29, 1.82) is 0 Å². The molecule has 1 aromatic carbocycles. The predicted molar refractivity (Wildman–Crippen MR) is 80.1 cm³/mol. The fraction of sp³-hybridized carbons (Fsp3) is 0.267. The van der Waals surface area contributed by atoms with Crippen molar-refractivity contribution in [3.05, 3.63) is 42.5 Å². The molecule has 5 nitrogen and oxygen atoms in total. The van der Waals surface area contributed by atoms with Gasteiger partial charge >= 0.3 is 0 Å². The smallest absolute Gasteiger partial charge is 0.165 e. The summed E-state index contributed by atoms with van der Waals surface area (Å²) in [6, 6.07) is 8.32. The zero-order valence-corrected chi connectivity index (χ0v) is 11.7. The van der Waals surface area contributed by atoms with Gasteiger partial charge in [0.15, 0.2) is 17.0 Å². The summed E-state index contributed by atoms with van der Waals surface area (Å²) in [5.74, 6) is 0.746. The molecule has 5 heteroatoms. The Labute approximate surface area is 117 Å². The first-order chi connectivity index (χ1) is 9.81. The molecule has 3 aromatic rings. The zero-order chi connectivity index (χ0) is 13.9. The van der Waals surface area contributed by atoms with E-state index in [9.17, 15) is 0 Å². The van der Waals surface area contributed by atoms with Crippen LogP contribution in [-0.2, 0) is 13.0 Å². The highest BCUT2D eigenvalue weighted by Crippen LogP contribution is 2.22. The summed E-state index contributed by atoms with van der Waals surface area (Å²) in [5.41, 5.74) is 3.97. The van der Waals surface area contributed by atoms with Crippen molar-refractivity contribution in [3.63, 3.8) is 0 Å². The van der Waals surface area contributed by atoms with Crippen molar-refractivity contribution in [3.8, 4) is 0 Å². The Hall–Kier alpha value is -2.43. The highest BCUT2D eigenvalue weighted by atomic mass is 15.1. The van der Waals surface area contributed by atoms with E-state index in [0.717, 1.165) is 35.6 Å². The van der Waals surface area contributed by atoms with Crippen LogP contribution in [0.15, 0.2) is 36.9 Å². The number of nitrogens with one attached hydrogen (secondary N) is 1. The quantitative estimate of drug-likeness (QED) is 0.789. The average molecular weight is 267 g/mol. The number of hydrogen-bond acceptors (Lipinski definition) is 4. The minimum atomic E-state index is 0.746. The first kappa shape index (κ1) is 12.6. The van der Waals surface area contributed by atoms with E-state index in [4.69, 9.17) is 0 Å². The van der Waals surface area contributed by atoms with E-state index in [-0.39, 0.29) is 0 Å². The molecule has 0 amide bonds. The lowest BCUT2D eigenvalue weighted by atomic mass is 10.1. The largest absolute Gasteiger partial charge is 0.338 e. The number of rotatable bonds is 4. The van der Waals surface area contributed by atoms with Gasteiger partial charge in [0.1, 0.15) is 6.33 Å². The highest BCUT2D eigenvalue weighted by Gasteiger charge is 2.09. The summed E-state index contributed by atoms with van der Waals surface area (Å²) in [6.45, 7) is 5.06. The number of imidazole rings is 1. The van der Waals surface area contributed by atoms with Gasteiger partial charge in [-0.25, -0.2) is 15.0 Å². The lowest BCUT2D eigenvalue weighted by Crippen LogP contribution is -1.98. The third-order valence-electron chi connectivity index (χ3n) is 3.34. The molecule has 0 radical (unpaired) electrons. The molecule has 0 spiro atoms. The van der Waals surface area contributed by atoms with E-state index in [0.29, 0.717) is 0 Å². The monoisotopic (exact) mass is 267 g/mol. The maximum Gasteiger partial charge on any atom is 0.165 e. The van der Waals surface area contributed by atoms with Gasteiger partial charge in [0.05, 0.1) is 6.33 Å². The van der Waals surface area contributed by atoms with Crippen LogP contribution in [0.5, 0.6) is 0 Å². The van der Waals surface area contributed by atoms with Crippen LogP contribution in [0.4, 0.5) is 11.5 Å². The predicted octanol–water partition coefficient (Wildman–Crippen LogP) is 3.15. The highest BCUT2D eigenvalue weighted by molar-refractivity contribution is 5.85. The van der Waals surface area contributed by atoms with Crippen molar-refractivity contribution >= 4 is 22.7 Å².